The molecule has 0 N–H and O–H groups in total. The van der Waals surface area contributed by atoms with Crippen molar-refractivity contribution in [2.75, 3.05) is 0 Å². The Morgan fingerprint density at radius 3 is 2.08 bits per heavy atom. The molecule has 2 heterocycles. The van der Waals surface area contributed by atoms with Gasteiger partial charge in [0.15, 0.2) is 0 Å². The minimum absolute atomic E-state index is 0.479. The number of rotatable bonds is 6. The van der Waals surface area contributed by atoms with Gasteiger partial charge in [0.2, 0.25) is 0 Å². The van der Waals surface area contributed by atoms with Crippen molar-refractivity contribution >= 4 is 33.2 Å². The Morgan fingerprint density at radius 2 is 1.24 bits per heavy atom. The molecule has 0 saturated carbocycles. The van der Waals surface area contributed by atoms with Crippen LogP contribution in [0, 0.1) is 0 Å². The van der Waals surface area contributed by atoms with E-state index >= 15 is 0 Å². The second-order valence-electron chi connectivity index (χ2n) is 13.7. The molecule has 2 heteroatoms. The molecule has 7 aromatic carbocycles. The quantitative estimate of drug-likeness (QED) is 0.159. The third kappa shape index (κ3) is 4.26. The van der Waals surface area contributed by atoms with Crippen LogP contribution in [0.25, 0.3) is 44.3 Å². The summed E-state index contributed by atoms with van der Waals surface area (Å²) in [4.78, 5) is 5.56. The first-order chi connectivity index (χ1) is 25.3. The number of aromatic nitrogens is 1. The van der Waals surface area contributed by atoms with Crippen LogP contribution >= 0.6 is 0 Å². The van der Waals surface area contributed by atoms with Gasteiger partial charge in [-0.15, -0.1) is 0 Å². The number of hydrogen-bond acceptors (Lipinski definition) is 1. The van der Waals surface area contributed by atoms with Gasteiger partial charge in [-0.3, -0.25) is 4.99 Å². The Kier molecular flexibility index (Phi) is 6.79. The first-order valence-corrected chi connectivity index (χ1v) is 18.0. The van der Waals surface area contributed by atoms with E-state index in [0.29, 0.717) is 0 Å². The van der Waals surface area contributed by atoms with E-state index in [1.807, 2.05) is 0 Å². The summed E-state index contributed by atoms with van der Waals surface area (Å²) in [7, 11) is 0. The Morgan fingerprint density at radius 1 is 0.588 bits per heavy atom. The number of benzene rings is 7. The largest absolute Gasteiger partial charge is 0.309 e. The molecule has 1 aliphatic carbocycles. The summed E-state index contributed by atoms with van der Waals surface area (Å²) in [5.41, 5.74) is 16.9. The van der Waals surface area contributed by atoms with E-state index in [1.165, 1.54) is 72.0 Å². The van der Waals surface area contributed by atoms with Crippen molar-refractivity contribution in [2.45, 2.75) is 25.2 Å². The second kappa shape index (κ2) is 11.7. The second-order valence-corrected chi connectivity index (χ2v) is 13.7. The molecule has 0 radical (unpaired) electrons. The first kappa shape index (κ1) is 29.6. The predicted molar refractivity (Wildman–Crippen MR) is 213 cm³/mol. The average Bonchev–Trinajstić information content (AvgIpc) is 3.70. The van der Waals surface area contributed by atoms with Gasteiger partial charge in [0, 0.05) is 22.0 Å². The molecule has 1 aliphatic heterocycles. The van der Waals surface area contributed by atoms with E-state index in [2.05, 4.69) is 187 Å². The van der Waals surface area contributed by atoms with Crippen molar-refractivity contribution < 1.29 is 0 Å². The van der Waals surface area contributed by atoms with E-state index in [-0.39, 0.29) is 0 Å². The zero-order valence-corrected chi connectivity index (χ0v) is 28.6. The normalized spacial score (nSPS) is 16.0. The van der Waals surface area contributed by atoms with Crippen LogP contribution in [0.5, 0.6) is 0 Å². The molecule has 242 valence electrons. The highest BCUT2D eigenvalue weighted by Gasteiger charge is 2.51. The average molecular weight is 653 g/mol. The number of hydrogen-bond donors (Lipinski definition) is 0. The molecule has 1 unspecified atom stereocenters. The summed E-state index contributed by atoms with van der Waals surface area (Å²) < 4.78 is 2.51. The SMILES string of the molecule is CC/C(=N\C(=C/Cc1ccccc1)c1ccccc1)c1cccc2c1-c1ccccc1C21c2ccccc2-n2c3ccccc3c3cccc1c32. The smallest absolute Gasteiger partial charge is 0.0754 e. The van der Waals surface area contributed by atoms with Crippen LogP contribution in [0.1, 0.15) is 52.3 Å². The zero-order valence-electron chi connectivity index (χ0n) is 28.6. The number of nitrogens with zero attached hydrogens (tertiary/aromatic N) is 2. The van der Waals surface area contributed by atoms with Gasteiger partial charge < -0.3 is 4.57 Å². The Hall–Kier alpha value is -6.25. The molecule has 0 amide bonds. The molecule has 0 bridgehead atoms. The molecule has 8 aromatic rings. The molecular weight excluding hydrogens is 617 g/mol. The molecule has 1 aromatic heterocycles. The highest BCUT2D eigenvalue weighted by atomic mass is 15.0. The standard InChI is InChI=1S/C49H36N2/c1-2-43(50-44(34-19-7-4-8-20-34)32-31-33-17-5-3-6-18-33)38-24-16-27-41-47(38)37-22-9-11-25-39(37)49(41)40-26-12-14-30-46(40)51-45-29-13-10-21-35(45)36-23-15-28-42(49)48(36)51/h3-30,32H,2,31H2,1H3/b44-32-,50-43+. The van der Waals surface area contributed by atoms with Crippen LogP contribution < -0.4 is 0 Å². The van der Waals surface area contributed by atoms with Crippen LogP contribution in [-0.2, 0) is 11.8 Å². The number of allylic oxidation sites excluding steroid dienone is 1. The fourth-order valence-electron chi connectivity index (χ4n) is 8.99. The molecule has 2 aliphatic rings. The number of para-hydroxylation sites is 3. The van der Waals surface area contributed by atoms with Gasteiger partial charge in [0.25, 0.3) is 0 Å². The summed E-state index contributed by atoms with van der Waals surface area (Å²) in [5.74, 6) is 0. The highest BCUT2D eigenvalue weighted by molar-refractivity contribution is 6.14. The van der Waals surface area contributed by atoms with Crippen LogP contribution in [0.3, 0.4) is 0 Å². The molecule has 51 heavy (non-hydrogen) atoms. The first-order valence-electron chi connectivity index (χ1n) is 18.0. The molecule has 0 saturated heterocycles. The van der Waals surface area contributed by atoms with Crippen molar-refractivity contribution in [3.63, 3.8) is 0 Å². The monoisotopic (exact) mass is 652 g/mol. The summed E-state index contributed by atoms with van der Waals surface area (Å²) in [5, 5.41) is 2.59. The Bertz CT molecular complexity index is 2690. The van der Waals surface area contributed by atoms with E-state index in [1.54, 1.807) is 0 Å². The fourth-order valence-corrected chi connectivity index (χ4v) is 8.99. The Balaban J connectivity index is 1.26. The maximum atomic E-state index is 5.56. The lowest BCUT2D eigenvalue weighted by molar-refractivity contribution is 0.748. The summed E-state index contributed by atoms with van der Waals surface area (Å²) >= 11 is 0. The fraction of sp³-hybridized carbons (Fsp3) is 0.0816. The van der Waals surface area contributed by atoms with Crippen LogP contribution in [0.15, 0.2) is 181 Å². The van der Waals surface area contributed by atoms with E-state index in [9.17, 15) is 0 Å². The van der Waals surface area contributed by atoms with Crippen molar-refractivity contribution in [1.82, 2.24) is 4.57 Å². The van der Waals surface area contributed by atoms with E-state index in [0.717, 1.165) is 29.8 Å². The van der Waals surface area contributed by atoms with Gasteiger partial charge in [-0.2, -0.15) is 0 Å². The van der Waals surface area contributed by atoms with Gasteiger partial charge in [0.1, 0.15) is 0 Å². The molecular formula is C49H36N2. The lowest BCUT2D eigenvalue weighted by atomic mass is 9.65. The van der Waals surface area contributed by atoms with Crippen LogP contribution in [0.4, 0.5) is 0 Å². The number of aliphatic imine (C=N–C) groups is 1. The minimum atomic E-state index is -0.479. The van der Waals surface area contributed by atoms with Crippen molar-refractivity contribution in [2.24, 2.45) is 4.99 Å². The van der Waals surface area contributed by atoms with Crippen molar-refractivity contribution in [3.8, 4) is 16.8 Å². The van der Waals surface area contributed by atoms with Gasteiger partial charge in [-0.1, -0.05) is 171 Å². The predicted octanol–water partition coefficient (Wildman–Crippen LogP) is 11.9. The third-order valence-corrected chi connectivity index (χ3v) is 11.1. The lowest BCUT2D eigenvalue weighted by Gasteiger charge is -2.39. The van der Waals surface area contributed by atoms with Gasteiger partial charge >= 0.3 is 0 Å². The summed E-state index contributed by atoms with van der Waals surface area (Å²) in [6.07, 6.45) is 3.91. The Labute approximate surface area is 298 Å². The van der Waals surface area contributed by atoms with Gasteiger partial charge in [-0.25, -0.2) is 0 Å². The summed E-state index contributed by atoms with van der Waals surface area (Å²) in [6, 6.07) is 62.2. The lowest BCUT2D eigenvalue weighted by Crippen LogP contribution is -2.33. The maximum Gasteiger partial charge on any atom is 0.0754 e. The van der Waals surface area contributed by atoms with Crippen molar-refractivity contribution in [3.05, 3.63) is 215 Å². The minimum Gasteiger partial charge on any atom is -0.309 e. The molecule has 2 nitrogen and oxygen atoms in total. The molecule has 1 spiro atoms. The van der Waals surface area contributed by atoms with Gasteiger partial charge in [-0.05, 0) is 69.5 Å². The third-order valence-electron chi connectivity index (χ3n) is 11.1. The van der Waals surface area contributed by atoms with Gasteiger partial charge in [0.05, 0.1) is 27.8 Å². The zero-order chi connectivity index (χ0) is 33.9. The topological polar surface area (TPSA) is 17.3 Å². The molecule has 1 atom stereocenters. The summed E-state index contributed by atoms with van der Waals surface area (Å²) in [6.45, 7) is 2.24. The molecule has 0 fully saturated rings. The van der Waals surface area contributed by atoms with Crippen LogP contribution in [0.2, 0.25) is 0 Å². The van der Waals surface area contributed by atoms with Crippen LogP contribution in [-0.4, -0.2) is 10.3 Å². The number of fused-ring (bicyclic) bond motifs is 12. The molecule has 10 rings (SSSR count). The van der Waals surface area contributed by atoms with E-state index < -0.39 is 5.41 Å². The van der Waals surface area contributed by atoms with E-state index in [4.69, 9.17) is 4.99 Å². The van der Waals surface area contributed by atoms with Crippen molar-refractivity contribution in [1.29, 1.82) is 0 Å². The maximum absolute atomic E-state index is 5.56. The highest BCUT2D eigenvalue weighted by Crippen LogP contribution is 2.61.